The van der Waals surface area contributed by atoms with E-state index in [0.717, 1.165) is 6.42 Å². The van der Waals surface area contributed by atoms with E-state index in [4.69, 9.17) is 0 Å². The van der Waals surface area contributed by atoms with E-state index in [0.29, 0.717) is 0 Å². The molecule has 1 aliphatic carbocycles. The Morgan fingerprint density at radius 2 is 2.11 bits per heavy atom. The van der Waals surface area contributed by atoms with Crippen LogP contribution in [0.2, 0.25) is 0 Å². The van der Waals surface area contributed by atoms with Crippen LogP contribution in [0.3, 0.4) is 0 Å². The third-order valence-corrected chi connectivity index (χ3v) is 3.79. The Bertz CT molecular complexity index is 657. The van der Waals surface area contributed by atoms with Crippen LogP contribution < -0.4 is 0 Å². The van der Waals surface area contributed by atoms with Crippen molar-refractivity contribution in [3.05, 3.63) is 73.0 Å². The molecule has 18 heavy (non-hydrogen) atoms. The molecule has 0 spiro atoms. The van der Waals surface area contributed by atoms with E-state index >= 15 is 0 Å². The van der Waals surface area contributed by atoms with Gasteiger partial charge in [-0.3, -0.25) is 0 Å². The van der Waals surface area contributed by atoms with Crippen LogP contribution in [-0.2, 0) is 5.54 Å². The van der Waals surface area contributed by atoms with Crippen molar-refractivity contribution in [1.82, 2.24) is 4.57 Å². The van der Waals surface area contributed by atoms with Crippen LogP contribution in [0.4, 0.5) is 0 Å². The molecule has 90 valence electrons. The molecule has 1 heteroatoms. The number of hydrogen-bond donors (Lipinski definition) is 0. The molecule has 3 rings (SSSR count). The number of para-hydroxylation sites is 1. The second-order valence-electron chi connectivity index (χ2n) is 4.89. The number of benzene rings is 1. The van der Waals surface area contributed by atoms with Crippen molar-refractivity contribution in [2.45, 2.75) is 18.9 Å². The van der Waals surface area contributed by atoms with Crippen molar-refractivity contribution in [1.29, 1.82) is 0 Å². The summed E-state index contributed by atoms with van der Waals surface area (Å²) >= 11 is 0. The minimum atomic E-state index is -0.122. The highest BCUT2D eigenvalue weighted by atomic mass is 15.0. The van der Waals surface area contributed by atoms with Gasteiger partial charge in [0.15, 0.2) is 0 Å². The Hall–Kier alpha value is -2.02. The van der Waals surface area contributed by atoms with Crippen LogP contribution in [-0.4, -0.2) is 4.57 Å². The number of fused-ring (bicyclic) bond motifs is 1. The smallest absolute Gasteiger partial charge is 0.0846 e. The monoisotopic (exact) mass is 235 g/mol. The molecule has 0 aliphatic heterocycles. The lowest BCUT2D eigenvalue weighted by molar-refractivity contribution is 0.484. The van der Waals surface area contributed by atoms with E-state index in [-0.39, 0.29) is 5.54 Å². The maximum absolute atomic E-state index is 4.04. The molecule has 1 aliphatic rings. The van der Waals surface area contributed by atoms with Crippen LogP contribution in [0.5, 0.6) is 0 Å². The predicted octanol–water partition coefficient (Wildman–Crippen LogP) is 4.35. The van der Waals surface area contributed by atoms with Crippen LogP contribution >= 0.6 is 0 Å². The Morgan fingerprint density at radius 3 is 2.83 bits per heavy atom. The fourth-order valence-corrected chi connectivity index (χ4v) is 2.75. The van der Waals surface area contributed by atoms with Crippen molar-refractivity contribution in [2.24, 2.45) is 0 Å². The third-order valence-electron chi connectivity index (χ3n) is 3.79. The van der Waals surface area contributed by atoms with Crippen LogP contribution in [0.25, 0.3) is 10.9 Å². The third kappa shape index (κ3) is 1.47. The minimum absolute atomic E-state index is 0.122. The van der Waals surface area contributed by atoms with Gasteiger partial charge in [-0.1, -0.05) is 48.6 Å². The van der Waals surface area contributed by atoms with Gasteiger partial charge < -0.3 is 4.57 Å². The Morgan fingerprint density at radius 1 is 1.28 bits per heavy atom. The first-order valence-corrected chi connectivity index (χ1v) is 6.32. The lowest BCUT2D eigenvalue weighted by Crippen LogP contribution is -2.28. The van der Waals surface area contributed by atoms with E-state index in [1.165, 1.54) is 16.5 Å². The molecule has 0 radical (unpaired) electrons. The Balaban J connectivity index is 2.28. The van der Waals surface area contributed by atoms with Gasteiger partial charge in [0.05, 0.1) is 5.54 Å². The van der Waals surface area contributed by atoms with Gasteiger partial charge in [-0.05, 0) is 25.0 Å². The predicted molar refractivity (Wildman–Crippen MR) is 77.7 cm³/mol. The average molecular weight is 235 g/mol. The van der Waals surface area contributed by atoms with E-state index < -0.39 is 0 Å². The van der Waals surface area contributed by atoms with Crippen molar-refractivity contribution < 1.29 is 0 Å². The average Bonchev–Trinajstić information content (AvgIpc) is 2.78. The van der Waals surface area contributed by atoms with Crippen LogP contribution in [0.15, 0.2) is 67.4 Å². The molecule has 1 aromatic heterocycles. The zero-order chi connectivity index (χ0) is 12.6. The molecule has 1 unspecified atom stereocenters. The van der Waals surface area contributed by atoms with Crippen molar-refractivity contribution in [3.8, 4) is 0 Å². The van der Waals surface area contributed by atoms with Crippen molar-refractivity contribution in [2.75, 3.05) is 0 Å². The second-order valence-corrected chi connectivity index (χ2v) is 4.89. The Labute approximate surface area is 108 Å². The van der Waals surface area contributed by atoms with Gasteiger partial charge in [0.1, 0.15) is 0 Å². The summed E-state index contributed by atoms with van der Waals surface area (Å²) in [6, 6.07) is 8.55. The highest BCUT2D eigenvalue weighted by molar-refractivity contribution is 5.84. The summed E-state index contributed by atoms with van der Waals surface area (Å²) in [5, 5.41) is 1.32. The molecule has 1 aromatic carbocycles. The molecule has 0 fully saturated rings. The molecule has 1 nitrogen and oxygen atoms in total. The highest BCUT2D eigenvalue weighted by Gasteiger charge is 2.26. The highest BCUT2D eigenvalue weighted by Crippen LogP contribution is 2.33. The van der Waals surface area contributed by atoms with Crippen LogP contribution in [0.1, 0.15) is 12.0 Å². The number of allylic oxidation sites excluding steroid dienone is 5. The van der Waals surface area contributed by atoms with Gasteiger partial charge in [-0.15, -0.1) is 6.58 Å². The molecule has 0 saturated carbocycles. The quantitative estimate of drug-likeness (QED) is 0.682. The minimum Gasteiger partial charge on any atom is -0.334 e. The lowest BCUT2D eigenvalue weighted by Gasteiger charge is -2.30. The van der Waals surface area contributed by atoms with Gasteiger partial charge in [-0.25, -0.2) is 0 Å². The first-order chi connectivity index (χ1) is 8.77. The van der Waals surface area contributed by atoms with Crippen molar-refractivity contribution in [3.63, 3.8) is 0 Å². The SMILES string of the molecule is C=CC1(n2cc(C)c3ccccc32)C=CC=CC1. The van der Waals surface area contributed by atoms with Gasteiger partial charge in [-0.2, -0.15) is 0 Å². The maximum Gasteiger partial charge on any atom is 0.0846 e. The molecular weight excluding hydrogens is 218 g/mol. The molecule has 2 aromatic rings. The summed E-state index contributed by atoms with van der Waals surface area (Å²) in [5.74, 6) is 0. The lowest BCUT2D eigenvalue weighted by atomic mass is 9.91. The number of nitrogens with zero attached hydrogens (tertiary/aromatic N) is 1. The van der Waals surface area contributed by atoms with Gasteiger partial charge in [0.25, 0.3) is 0 Å². The zero-order valence-electron chi connectivity index (χ0n) is 10.6. The normalized spacial score (nSPS) is 22.5. The fraction of sp³-hybridized carbons (Fsp3) is 0.176. The number of aromatic nitrogens is 1. The number of hydrogen-bond acceptors (Lipinski definition) is 0. The van der Waals surface area contributed by atoms with Gasteiger partial charge in [0, 0.05) is 17.1 Å². The first kappa shape index (κ1) is 11.1. The molecule has 1 atom stereocenters. The van der Waals surface area contributed by atoms with Crippen molar-refractivity contribution >= 4 is 10.9 Å². The zero-order valence-corrected chi connectivity index (χ0v) is 10.6. The second kappa shape index (κ2) is 4.02. The summed E-state index contributed by atoms with van der Waals surface area (Å²) in [4.78, 5) is 0. The summed E-state index contributed by atoms with van der Waals surface area (Å²) in [5.41, 5.74) is 2.47. The van der Waals surface area contributed by atoms with E-state index in [1.807, 2.05) is 6.08 Å². The maximum atomic E-state index is 4.04. The molecular formula is C17H17N. The number of rotatable bonds is 2. The Kier molecular flexibility index (Phi) is 2.48. The molecule has 0 bridgehead atoms. The van der Waals surface area contributed by atoms with E-state index in [9.17, 15) is 0 Å². The standard InChI is InChI=1S/C17H17N/c1-3-17(11-7-4-8-12-17)18-13-14(2)15-9-5-6-10-16(15)18/h3-11,13H,1,12H2,2H3. The largest absolute Gasteiger partial charge is 0.334 e. The summed E-state index contributed by atoms with van der Waals surface area (Å²) < 4.78 is 2.34. The summed E-state index contributed by atoms with van der Waals surface area (Å²) in [7, 11) is 0. The summed E-state index contributed by atoms with van der Waals surface area (Å²) in [6.45, 7) is 6.21. The van der Waals surface area contributed by atoms with Gasteiger partial charge in [0.2, 0.25) is 0 Å². The molecule has 0 saturated heterocycles. The molecule has 1 heterocycles. The number of aryl methyl sites for hydroxylation is 1. The van der Waals surface area contributed by atoms with Gasteiger partial charge >= 0.3 is 0 Å². The molecule has 0 N–H and O–H groups in total. The van der Waals surface area contributed by atoms with E-state index in [1.54, 1.807) is 0 Å². The first-order valence-electron chi connectivity index (χ1n) is 6.32. The molecule has 0 amide bonds. The fourth-order valence-electron chi connectivity index (χ4n) is 2.75. The van der Waals surface area contributed by atoms with Crippen LogP contribution in [0, 0.1) is 6.92 Å². The summed E-state index contributed by atoms with van der Waals surface area (Å²) in [6.07, 6.45) is 13.9. The van der Waals surface area contributed by atoms with E-state index in [2.05, 4.69) is 72.8 Å². The topological polar surface area (TPSA) is 4.93 Å².